The van der Waals surface area contributed by atoms with E-state index in [-0.39, 0.29) is 0 Å². The lowest BCUT2D eigenvalue weighted by Crippen LogP contribution is -2.28. The first-order chi connectivity index (χ1) is 15.7. The van der Waals surface area contributed by atoms with E-state index >= 15 is 0 Å². The fourth-order valence-corrected chi connectivity index (χ4v) is 4.00. The van der Waals surface area contributed by atoms with Gasteiger partial charge < -0.3 is 29.3 Å². The molecule has 1 aliphatic rings. The van der Waals surface area contributed by atoms with Crippen molar-refractivity contribution in [1.82, 2.24) is 9.88 Å². The summed E-state index contributed by atoms with van der Waals surface area (Å²) in [5.74, 6) is 1.46. The Morgan fingerprint density at radius 3 is 2.69 bits per heavy atom. The number of rotatable bonds is 8. The molecule has 0 unspecified atom stereocenters. The van der Waals surface area contributed by atoms with Gasteiger partial charge >= 0.3 is 0 Å². The minimum atomic E-state index is 0.497. The van der Waals surface area contributed by atoms with Crippen molar-refractivity contribution in [3.05, 3.63) is 48.7 Å². The normalized spacial score (nSPS) is 14.9. The molecule has 0 bridgehead atoms. The van der Waals surface area contributed by atoms with E-state index in [0.717, 1.165) is 60.0 Å². The number of nitrogens with zero attached hydrogens (tertiary/aromatic N) is 3. The van der Waals surface area contributed by atoms with Crippen LogP contribution in [0.3, 0.4) is 0 Å². The highest BCUT2D eigenvalue weighted by Gasteiger charge is 2.14. The quantitative estimate of drug-likeness (QED) is 0.532. The first-order valence-corrected chi connectivity index (χ1v) is 11.1. The van der Waals surface area contributed by atoms with Crippen LogP contribution < -0.4 is 19.7 Å². The number of fused-ring (bicyclic) bond motifs is 1. The van der Waals surface area contributed by atoms with Gasteiger partial charge in [0, 0.05) is 55.8 Å². The first kappa shape index (κ1) is 22.2. The molecule has 1 saturated heterocycles. The van der Waals surface area contributed by atoms with Crippen LogP contribution in [0.5, 0.6) is 11.5 Å². The summed E-state index contributed by atoms with van der Waals surface area (Å²) in [6.45, 7) is 5.38. The van der Waals surface area contributed by atoms with Gasteiger partial charge in [-0.15, -0.1) is 0 Å². The zero-order chi connectivity index (χ0) is 22.3. The van der Waals surface area contributed by atoms with E-state index in [2.05, 4.69) is 45.3 Å². The van der Waals surface area contributed by atoms with E-state index in [1.807, 2.05) is 30.5 Å². The van der Waals surface area contributed by atoms with Crippen molar-refractivity contribution in [2.75, 3.05) is 70.9 Å². The van der Waals surface area contributed by atoms with Crippen molar-refractivity contribution in [3.8, 4) is 11.5 Å². The van der Waals surface area contributed by atoms with E-state index in [9.17, 15) is 0 Å². The van der Waals surface area contributed by atoms with E-state index in [1.165, 1.54) is 12.1 Å². The van der Waals surface area contributed by atoms with Crippen molar-refractivity contribution in [3.63, 3.8) is 0 Å². The van der Waals surface area contributed by atoms with Crippen LogP contribution in [-0.4, -0.2) is 70.5 Å². The molecule has 0 aliphatic carbocycles. The van der Waals surface area contributed by atoms with E-state index < -0.39 is 0 Å². The summed E-state index contributed by atoms with van der Waals surface area (Å²) >= 11 is 0. The summed E-state index contributed by atoms with van der Waals surface area (Å²) in [4.78, 5) is 9.48. The van der Waals surface area contributed by atoms with Gasteiger partial charge in [-0.3, -0.25) is 4.98 Å². The van der Waals surface area contributed by atoms with Crippen LogP contribution in [0.4, 0.5) is 17.1 Å². The second-order valence-corrected chi connectivity index (χ2v) is 8.03. The number of anilines is 3. The molecule has 2 aromatic carbocycles. The van der Waals surface area contributed by atoms with Crippen molar-refractivity contribution in [2.45, 2.75) is 6.42 Å². The van der Waals surface area contributed by atoms with Gasteiger partial charge in [-0.1, -0.05) is 0 Å². The summed E-state index contributed by atoms with van der Waals surface area (Å²) in [6.07, 6.45) is 3.02. The molecule has 0 radical (unpaired) electrons. The maximum absolute atomic E-state index is 5.70. The Morgan fingerprint density at radius 1 is 0.938 bits per heavy atom. The van der Waals surface area contributed by atoms with Gasteiger partial charge in [-0.25, -0.2) is 0 Å². The predicted octanol–water partition coefficient (Wildman–Crippen LogP) is 4.15. The third-order valence-corrected chi connectivity index (χ3v) is 5.81. The zero-order valence-corrected chi connectivity index (χ0v) is 19.1. The Morgan fingerprint density at radius 2 is 1.84 bits per heavy atom. The summed E-state index contributed by atoms with van der Waals surface area (Å²) in [6, 6.07) is 14.3. The lowest BCUT2D eigenvalue weighted by Gasteiger charge is -2.23. The number of benzene rings is 2. The Labute approximate surface area is 189 Å². The number of hydrogen-bond donors (Lipinski definition) is 1. The molecule has 0 amide bonds. The SMILES string of the molecule is COCCOc1ccc(Nc2ccnc3cc(N4CCCN(C)CC4)ccc23)c(OC)c1. The van der Waals surface area contributed by atoms with Crippen molar-refractivity contribution < 1.29 is 14.2 Å². The van der Waals surface area contributed by atoms with Gasteiger partial charge in [0.2, 0.25) is 0 Å². The van der Waals surface area contributed by atoms with Gasteiger partial charge in [-0.2, -0.15) is 0 Å². The standard InChI is InChI=1S/C25H32N4O3/c1-28-11-4-12-29(14-13-28)19-5-7-21-22(9-10-26-24(21)17-19)27-23-8-6-20(18-25(23)31-3)32-16-15-30-2/h5-10,17-18H,4,11-16H2,1-3H3,(H,26,27). The summed E-state index contributed by atoms with van der Waals surface area (Å²) < 4.78 is 16.3. The lowest BCUT2D eigenvalue weighted by atomic mass is 10.1. The number of methoxy groups -OCH3 is 2. The first-order valence-electron chi connectivity index (χ1n) is 11.1. The summed E-state index contributed by atoms with van der Waals surface area (Å²) in [5, 5.41) is 4.58. The van der Waals surface area contributed by atoms with Crippen molar-refractivity contribution in [1.29, 1.82) is 0 Å². The molecule has 0 spiro atoms. The van der Waals surface area contributed by atoms with Crippen molar-refractivity contribution in [2.24, 2.45) is 0 Å². The molecule has 7 nitrogen and oxygen atoms in total. The highest BCUT2D eigenvalue weighted by Crippen LogP contribution is 2.34. The van der Waals surface area contributed by atoms with Gasteiger partial charge in [0.15, 0.2) is 0 Å². The molecule has 1 N–H and O–H groups in total. The van der Waals surface area contributed by atoms with Gasteiger partial charge in [0.1, 0.15) is 18.1 Å². The Balaban J connectivity index is 1.56. The fraction of sp³-hybridized carbons (Fsp3) is 0.400. The Hall–Kier alpha value is -3.03. The zero-order valence-electron chi connectivity index (χ0n) is 19.1. The smallest absolute Gasteiger partial charge is 0.145 e. The minimum absolute atomic E-state index is 0.497. The molecule has 0 saturated carbocycles. The minimum Gasteiger partial charge on any atom is -0.494 e. The monoisotopic (exact) mass is 436 g/mol. The number of aromatic nitrogens is 1. The maximum Gasteiger partial charge on any atom is 0.145 e. The number of ether oxygens (including phenoxy) is 3. The molecule has 1 aromatic heterocycles. The van der Waals surface area contributed by atoms with Crippen LogP contribution in [0.2, 0.25) is 0 Å². The van der Waals surface area contributed by atoms with Gasteiger partial charge in [0.25, 0.3) is 0 Å². The Bertz CT molecular complexity index is 1040. The summed E-state index contributed by atoms with van der Waals surface area (Å²) in [5.41, 5.74) is 4.07. The molecule has 170 valence electrons. The highest BCUT2D eigenvalue weighted by atomic mass is 16.5. The van der Waals surface area contributed by atoms with E-state index in [1.54, 1.807) is 14.2 Å². The van der Waals surface area contributed by atoms with Crippen LogP contribution in [0.15, 0.2) is 48.7 Å². The van der Waals surface area contributed by atoms with Crippen LogP contribution >= 0.6 is 0 Å². The third kappa shape index (κ3) is 5.23. The molecule has 0 atom stereocenters. The van der Waals surface area contributed by atoms with Crippen LogP contribution in [0.1, 0.15) is 6.42 Å². The maximum atomic E-state index is 5.70. The fourth-order valence-electron chi connectivity index (χ4n) is 4.00. The lowest BCUT2D eigenvalue weighted by molar-refractivity contribution is 0.146. The van der Waals surface area contributed by atoms with Crippen LogP contribution in [0.25, 0.3) is 10.9 Å². The van der Waals surface area contributed by atoms with Crippen LogP contribution in [-0.2, 0) is 4.74 Å². The molecule has 3 aromatic rings. The molecule has 32 heavy (non-hydrogen) atoms. The second kappa shape index (κ2) is 10.5. The second-order valence-electron chi connectivity index (χ2n) is 8.03. The van der Waals surface area contributed by atoms with E-state index in [4.69, 9.17) is 14.2 Å². The highest BCUT2D eigenvalue weighted by molar-refractivity contribution is 5.95. The molecule has 4 rings (SSSR count). The Kier molecular flexibility index (Phi) is 7.29. The molecule has 7 heteroatoms. The predicted molar refractivity (Wildman–Crippen MR) is 130 cm³/mol. The number of nitrogens with one attached hydrogen (secondary N) is 1. The number of hydrogen-bond acceptors (Lipinski definition) is 7. The van der Waals surface area contributed by atoms with Crippen molar-refractivity contribution >= 4 is 28.0 Å². The average molecular weight is 437 g/mol. The van der Waals surface area contributed by atoms with Gasteiger partial charge in [-0.05, 0) is 56.4 Å². The van der Waals surface area contributed by atoms with Gasteiger partial charge in [0.05, 0.1) is 24.9 Å². The topological polar surface area (TPSA) is 59.1 Å². The summed E-state index contributed by atoms with van der Waals surface area (Å²) in [7, 11) is 5.51. The molecule has 1 aliphatic heterocycles. The molecular weight excluding hydrogens is 404 g/mol. The molecule has 1 fully saturated rings. The third-order valence-electron chi connectivity index (χ3n) is 5.81. The van der Waals surface area contributed by atoms with Crippen LogP contribution in [0, 0.1) is 0 Å². The number of likely N-dealkylation sites (N-methyl/N-ethyl adjacent to an activating group) is 1. The number of pyridine rings is 1. The van der Waals surface area contributed by atoms with E-state index in [0.29, 0.717) is 13.2 Å². The molecular formula is C25H32N4O3. The largest absolute Gasteiger partial charge is 0.494 e. The average Bonchev–Trinajstić information content (AvgIpc) is 3.04. The molecule has 2 heterocycles.